The summed E-state index contributed by atoms with van der Waals surface area (Å²) in [5.74, 6) is 0.351. The first-order valence-corrected chi connectivity index (χ1v) is 6.56. The van der Waals surface area contributed by atoms with Crippen LogP contribution in [0.1, 0.15) is 5.56 Å². The molecule has 0 spiro atoms. The van der Waals surface area contributed by atoms with Crippen LogP contribution in [0.3, 0.4) is 0 Å². The highest BCUT2D eigenvalue weighted by Crippen LogP contribution is 2.23. The molecular weight excluding hydrogens is 269 g/mol. The minimum atomic E-state index is -0.317. The van der Waals surface area contributed by atoms with Crippen molar-refractivity contribution < 1.29 is 9.13 Å². The van der Waals surface area contributed by atoms with E-state index in [0.717, 1.165) is 10.9 Å². The maximum absolute atomic E-state index is 13.3. The van der Waals surface area contributed by atoms with E-state index in [1.165, 1.54) is 18.2 Å². The van der Waals surface area contributed by atoms with Crippen molar-refractivity contribution in [2.24, 2.45) is 0 Å². The first-order valence-electron chi connectivity index (χ1n) is 6.56. The van der Waals surface area contributed by atoms with Crippen LogP contribution in [0.15, 0.2) is 53.3 Å². The Morgan fingerprint density at radius 3 is 2.52 bits per heavy atom. The lowest BCUT2D eigenvalue weighted by Crippen LogP contribution is -2.18. The third-order valence-electron chi connectivity index (χ3n) is 3.50. The fourth-order valence-electron chi connectivity index (χ4n) is 2.46. The number of benzene rings is 2. The molecule has 3 rings (SSSR count). The summed E-state index contributed by atoms with van der Waals surface area (Å²) in [7, 11) is 1.58. The number of ether oxygens (including phenoxy) is 1. The van der Waals surface area contributed by atoms with Crippen molar-refractivity contribution in [3.05, 3.63) is 70.3 Å². The Hall–Kier alpha value is -2.62. The van der Waals surface area contributed by atoms with Gasteiger partial charge < -0.3 is 4.74 Å². The van der Waals surface area contributed by atoms with Crippen LogP contribution in [0.2, 0.25) is 0 Å². The molecular formula is C17H14FNO2. The van der Waals surface area contributed by atoms with Crippen molar-refractivity contribution in [3.63, 3.8) is 0 Å². The minimum Gasteiger partial charge on any atom is -0.497 e. The van der Waals surface area contributed by atoms with Gasteiger partial charge in [0.1, 0.15) is 11.6 Å². The van der Waals surface area contributed by atoms with Crippen LogP contribution in [-0.2, 0) is 0 Å². The van der Waals surface area contributed by atoms with Crippen molar-refractivity contribution in [2.75, 3.05) is 7.11 Å². The Balaban J connectivity index is 2.39. The largest absolute Gasteiger partial charge is 0.497 e. The molecule has 0 aliphatic heterocycles. The summed E-state index contributed by atoms with van der Waals surface area (Å²) in [5.41, 5.74) is 1.94. The molecule has 0 unspecified atom stereocenters. The molecule has 3 aromatic rings. The third-order valence-corrected chi connectivity index (χ3v) is 3.50. The molecule has 3 nitrogen and oxygen atoms in total. The van der Waals surface area contributed by atoms with Gasteiger partial charge in [-0.15, -0.1) is 0 Å². The van der Waals surface area contributed by atoms with Gasteiger partial charge in [-0.3, -0.25) is 9.36 Å². The molecule has 106 valence electrons. The van der Waals surface area contributed by atoms with Gasteiger partial charge in [0.15, 0.2) is 0 Å². The van der Waals surface area contributed by atoms with Crippen molar-refractivity contribution in [2.45, 2.75) is 6.92 Å². The molecule has 0 atom stereocenters. The highest BCUT2D eigenvalue weighted by molar-refractivity contribution is 5.82. The topological polar surface area (TPSA) is 31.2 Å². The summed E-state index contributed by atoms with van der Waals surface area (Å²) < 4.78 is 20.1. The van der Waals surface area contributed by atoms with Crippen LogP contribution >= 0.6 is 0 Å². The lowest BCUT2D eigenvalue weighted by atomic mass is 10.1. The Morgan fingerprint density at radius 2 is 1.81 bits per heavy atom. The highest BCUT2D eigenvalue weighted by Gasteiger charge is 2.09. The summed E-state index contributed by atoms with van der Waals surface area (Å²) in [6, 6.07) is 13.2. The number of rotatable bonds is 2. The predicted octanol–water partition coefficient (Wildman–Crippen LogP) is 3.45. The summed E-state index contributed by atoms with van der Waals surface area (Å²) in [6.07, 6.45) is 0. The Morgan fingerprint density at radius 1 is 1.05 bits per heavy atom. The summed E-state index contributed by atoms with van der Waals surface area (Å²) in [5, 5.41) is 0.916. The molecule has 4 heteroatoms. The molecule has 0 fully saturated rings. The fraction of sp³-hybridized carbons (Fsp3) is 0.118. The van der Waals surface area contributed by atoms with Gasteiger partial charge >= 0.3 is 0 Å². The standard InChI is InChI=1S/C17H14FNO2/c1-11-9-13(18)5-7-15(11)19-16-10-14(21-2)6-3-12(16)4-8-17(19)20/h3-10H,1-2H3. The fourth-order valence-corrected chi connectivity index (χ4v) is 2.46. The first kappa shape index (κ1) is 13.4. The molecule has 0 radical (unpaired) electrons. The molecule has 21 heavy (non-hydrogen) atoms. The molecule has 0 saturated heterocycles. The van der Waals surface area contributed by atoms with E-state index in [1.54, 1.807) is 36.8 Å². The zero-order valence-corrected chi connectivity index (χ0v) is 11.8. The summed E-state index contributed by atoms with van der Waals surface area (Å²) in [6.45, 7) is 1.78. The average molecular weight is 283 g/mol. The molecule has 0 saturated carbocycles. The Labute approximate surface area is 121 Å². The number of methoxy groups -OCH3 is 1. The van der Waals surface area contributed by atoms with E-state index in [-0.39, 0.29) is 11.4 Å². The number of hydrogen-bond acceptors (Lipinski definition) is 2. The maximum Gasteiger partial charge on any atom is 0.255 e. The maximum atomic E-state index is 13.3. The molecule has 0 N–H and O–H groups in total. The molecule has 1 aromatic heterocycles. The van der Waals surface area contributed by atoms with Crippen LogP contribution in [0.5, 0.6) is 5.75 Å². The number of halogens is 1. The second-order valence-corrected chi connectivity index (χ2v) is 4.86. The van der Waals surface area contributed by atoms with E-state index >= 15 is 0 Å². The van der Waals surface area contributed by atoms with Gasteiger partial charge in [0, 0.05) is 12.1 Å². The number of pyridine rings is 1. The van der Waals surface area contributed by atoms with Crippen LogP contribution < -0.4 is 10.3 Å². The van der Waals surface area contributed by atoms with Crippen molar-refractivity contribution in [1.82, 2.24) is 4.57 Å². The van der Waals surface area contributed by atoms with Gasteiger partial charge in [-0.05, 0) is 54.3 Å². The predicted molar refractivity (Wildman–Crippen MR) is 80.8 cm³/mol. The van der Waals surface area contributed by atoms with Crippen molar-refractivity contribution in [3.8, 4) is 11.4 Å². The number of nitrogens with zero attached hydrogens (tertiary/aromatic N) is 1. The molecule has 2 aromatic carbocycles. The number of hydrogen-bond donors (Lipinski definition) is 0. The Bertz CT molecular complexity index is 884. The normalized spacial score (nSPS) is 10.8. The molecule has 1 heterocycles. The first-order chi connectivity index (χ1) is 10.1. The second kappa shape index (κ2) is 5.05. The minimum absolute atomic E-state index is 0.162. The molecule has 0 aliphatic carbocycles. The van der Waals surface area contributed by atoms with Crippen LogP contribution in [-0.4, -0.2) is 11.7 Å². The van der Waals surface area contributed by atoms with Crippen molar-refractivity contribution in [1.29, 1.82) is 0 Å². The van der Waals surface area contributed by atoms with Crippen LogP contribution in [0.4, 0.5) is 4.39 Å². The third kappa shape index (κ3) is 2.29. The average Bonchev–Trinajstić information content (AvgIpc) is 2.48. The highest BCUT2D eigenvalue weighted by atomic mass is 19.1. The van der Waals surface area contributed by atoms with E-state index in [2.05, 4.69) is 0 Å². The van der Waals surface area contributed by atoms with E-state index in [9.17, 15) is 9.18 Å². The van der Waals surface area contributed by atoms with E-state index in [1.807, 2.05) is 12.1 Å². The Kier molecular flexibility index (Phi) is 3.22. The van der Waals surface area contributed by atoms with Gasteiger partial charge in [0.2, 0.25) is 0 Å². The second-order valence-electron chi connectivity index (χ2n) is 4.86. The van der Waals surface area contributed by atoms with Crippen LogP contribution in [0.25, 0.3) is 16.6 Å². The smallest absolute Gasteiger partial charge is 0.255 e. The number of fused-ring (bicyclic) bond motifs is 1. The monoisotopic (exact) mass is 283 g/mol. The quantitative estimate of drug-likeness (QED) is 0.721. The SMILES string of the molecule is COc1ccc2ccc(=O)n(-c3ccc(F)cc3C)c2c1. The lowest BCUT2D eigenvalue weighted by molar-refractivity contribution is 0.415. The van der Waals surface area contributed by atoms with Crippen molar-refractivity contribution >= 4 is 10.9 Å². The van der Waals surface area contributed by atoms with E-state index in [0.29, 0.717) is 17.0 Å². The summed E-state index contributed by atoms with van der Waals surface area (Å²) >= 11 is 0. The van der Waals surface area contributed by atoms with Gasteiger partial charge in [-0.25, -0.2) is 4.39 Å². The van der Waals surface area contributed by atoms with Gasteiger partial charge in [0.25, 0.3) is 5.56 Å². The van der Waals surface area contributed by atoms with Gasteiger partial charge in [-0.1, -0.05) is 0 Å². The lowest BCUT2D eigenvalue weighted by Gasteiger charge is -2.13. The number of aromatic nitrogens is 1. The van der Waals surface area contributed by atoms with Crippen LogP contribution in [0, 0.1) is 12.7 Å². The summed E-state index contributed by atoms with van der Waals surface area (Å²) in [4.78, 5) is 12.3. The van der Waals surface area contributed by atoms with Gasteiger partial charge in [-0.2, -0.15) is 0 Å². The molecule has 0 aliphatic rings. The van der Waals surface area contributed by atoms with E-state index < -0.39 is 0 Å². The zero-order valence-electron chi connectivity index (χ0n) is 11.8. The van der Waals surface area contributed by atoms with E-state index in [4.69, 9.17) is 4.74 Å². The number of aryl methyl sites for hydroxylation is 1. The zero-order chi connectivity index (χ0) is 15.0. The molecule has 0 bridgehead atoms. The molecule has 0 amide bonds. The van der Waals surface area contributed by atoms with Gasteiger partial charge in [0.05, 0.1) is 18.3 Å².